The number of esters is 3. The van der Waals surface area contributed by atoms with Crippen molar-refractivity contribution >= 4 is 17.9 Å². The molecular formula is C53H102O6. The van der Waals surface area contributed by atoms with Crippen molar-refractivity contribution in [2.24, 2.45) is 11.8 Å². The number of carbonyl (C=O) groups is 3. The van der Waals surface area contributed by atoms with Crippen molar-refractivity contribution in [2.45, 2.75) is 298 Å². The number of carbonyl (C=O) groups excluding carboxylic acids is 3. The summed E-state index contributed by atoms with van der Waals surface area (Å²) in [6.07, 6.45) is 46.6. The smallest absolute Gasteiger partial charge is 0.306 e. The summed E-state index contributed by atoms with van der Waals surface area (Å²) in [5, 5.41) is 0. The highest BCUT2D eigenvalue weighted by Gasteiger charge is 2.19. The van der Waals surface area contributed by atoms with Crippen molar-refractivity contribution in [2.75, 3.05) is 13.2 Å². The number of hydrogen-bond donors (Lipinski definition) is 0. The molecule has 6 heteroatoms. The van der Waals surface area contributed by atoms with Crippen molar-refractivity contribution in [3.63, 3.8) is 0 Å². The molecule has 0 saturated carbocycles. The highest BCUT2D eigenvalue weighted by Crippen LogP contribution is 2.17. The minimum atomic E-state index is -0.761. The van der Waals surface area contributed by atoms with Gasteiger partial charge in [0, 0.05) is 19.3 Å². The van der Waals surface area contributed by atoms with Gasteiger partial charge in [0.2, 0.25) is 0 Å². The Kier molecular flexibility index (Phi) is 44.7. The summed E-state index contributed by atoms with van der Waals surface area (Å²) < 4.78 is 16.8. The summed E-state index contributed by atoms with van der Waals surface area (Å²) in [7, 11) is 0. The third kappa shape index (κ3) is 47.3. The van der Waals surface area contributed by atoms with E-state index in [0.717, 1.165) is 69.6 Å². The van der Waals surface area contributed by atoms with Crippen LogP contribution in [0.3, 0.4) is 0 Å². The molecule has 0 rings (SSSR count). The quantitative estimate of drug-likeness (QED) is 0.0345. The lowest BCUT2D eigenvalue weighted by molar-refractivity contribution is -0.167. The van der Waals surface area contributed by atoms with Crippen LogP contribution in [-0.2, 0) is 28.6 Å². The Bertz CT molecular complexity index is 900. The topological polar surface area (TPSA) is 78.9 Å². The normalized spacial score (nSPS) is 12.1. The van der Waals surface area contributed by atoms with Crippen LogP contribution in [0, 0.1) is 11.8 Å². The number of hydrogen-bond acceptors (Lipinski definition) is 6. The van der Waals surface area contributed by atoms with Gasteiger partial charge in [-0.3, -0.25) is 14.4 Å². The predicted octanol–water partition coefficient (Wildman–Crippen LogP) is 16.9. The molecule has 1 atom stereocenters. The fraction of sp³-hybridized carbons (Fsp3) is 0.943. The molecule has 0 saturated heterocycles. The average Bonchev–Trinajstić information content (AvgIpc) is 3.20. The van der Waals surface area contributed by atoms with E-state index in [0.29, 0.717) is 19.3 Å². The maximum atomic E-state index is 12.8. The van der Waals surface area contributed by atoms with Crippen LogP contribution in [-0.4, -0.2) is 37.2 Å². The minimum Gasteiger partial charge on any atom is -0.462 e. The first kappa shape index (κ1) is 57.4. The molecule has 0 fully saturated rings. The van der Waals surface area contributed by atoms with Gasteiger partial charge in [0.15, 0.2) is 6.10 Å². The monoisotopic (exact) mass is 835 g/mol. The molecule has 6 nitrogen and oxygen atoms in total. The maximum absolute atomic E-state index is 12.8. The summed E-state index contributed by atoms with van der Waals surface area (Å²) in [6.45, 7) is 11.4. The number of ether oxygens (including phenoxy) is 3. The molecule has 0 radical (unpaired) electrons. The van der Waals surface area contributed by atoms with Gasteiger partial charge in [-0.2, -0.15) is 0 Å². The van der Waals surface area contributed by atoms with Gasteiger partial charge >= 0.3 is 17.9 Å². The SMILES string of the molecule is CCCCCCCCCCCC(=O)OC[C@H](COC(=O)CCCCCCCCCCCCCCCC(C)C)OC(=O)CCCCCCCCCCCCCCCC(C)C. The van der Waals surface area contributed by atoms with E-state index in [1.165, 1.54) is 180 Å². The Labute approximate surface area is 368 Å². The Hall–Kier alpha value is -1.59. The standard InChI is InChI=1S/C53H102O6/c1-6-7-8-9-10-21-28-33-38-43-51(54)57-46-50(59-53(56)45-40-35-30-25-20-16-12-14-18-23-27-32-37-42-49(4)5)47-58-52(55)44-39-34-29-24-19-15-11-13-17-22-26-31-36-41-48(2)3/h48-50H,6-47H2,1-5H3/t50-/m1/s1. The van der Waals surface area contributed by atoms with E-state index in [1.54, 1.807) is 0 Å². The lowest BCUT2D eigenvalue weighted by Gasteiger charge is -2.18. The van der Waals surface area contributed by atoms with Crippen molar-refractivity contribution in [1.29, 1.82) is 0 Å². The molecule has 59 heavy (non-hydrogen) atoms. The van der Waals surface area contributed by atoms with Crippen molar-refractivity contribution in [3.8, 4) is 0 Å². The van der Waals surface area contributed by atoms with Gasteiger partial charge in [0.1, 0.15) is 13.2 Å². The molecule has 0 aliphatic carbocycles. The van der Waals surface area contributed by atoms with Crippen molar-refractivity contribution < 1.29 is 28.6 Å². The molecule has 0 heterocycles. The molecule has 0 spiro atoms. The number of unbranched alkanes of at least 4 members (excludes halogenated alkanes) is 32. The highest BCUT2D eigenvalue weighted by atomic mass is 16.6. The van der Waals surface area contributed by atoms with Gasteiger partial charge in [0.25, 0.3) is 0 Å². The highest BCUT2D eigenvalue weighted by molar-refractivity contribution is 5.71. The maximum Gasteiger partial charge on any atom is 0.306 e. The van der Waals surface area contributed by atoms with E-state index in [1.807, 2.05) is 0 Å². The minimum absolute atomic E-state index is 0.0635. The van der Waals surface area contributed by atoms with E-state index in [2.05, 4.69) is 34.6 Å². The molecule has 0 N–H and O–H groups in total. The van der Waals surface area contributed by atoms with Crippen LogP contribution >= 0.6 is 0 Å². The van der Waals surface area contributed by atoms with Crippen molar-refractivity contribution in [3.05, 3.63) is 0 Å². The lowest BCUT2D eigenvalue weighted by Crippen LogP contribution is -2.30. The molecule has 0 aliphatic heterocycles. The summed E-state index contributed by atoms with van der Waals surface area (Å²) in [5.74, 6) is 0.829. The third-order valence-corrected chi connectivity index (χ3v) is 12.0. The Morgan fingerprint density at radius 2 is 0.559 bits per heavy atom. The molecular weight excluding hydrogens is 733 g/mol. The van der Waals surface area contributed by atoms with Gasteiger partial charge in [-0.25, -0.2) is 0 Å². The van der Waals surface area contributed by atoms with E-state index in [-0.39, 0.29) is 31.1 Å². The van der Waals surface area contributed by atoms with Gasteiger partial charge < -0.3 is 14.2 Å². The van der Waals surface area contributed by atoms with E-state index in [4.69, 9.17) is 14.2 Å². The summed E-state index contributed by atoms with van der Waals surface area (Å²) >= 11 is 0. The molecule has 0 amide bonds. The zero-order valence-corrected chi connectivity index (χ0v) is 40.4. The van der Waals surface area contributed by atoms with Gasteiger partial charge in [-0.05, 0) is 31.1 Å². The fourth-order valence-electron chi connectivity index (χ4n) is 7.99. The predicted molar refractivity (Wildman–Crippen MR) is 252 cm³/mol. The second kappa shape index (κ2) is 45.9. The molecule has 0 unspecified atom stereocenters. The Balaban J connectivity index is 4.26. The fourth-order valence-corrected chi connectivity index (χ4v) is 7.99. The molecule has 0 aliphatic rings. The van der Waals surface area contributed by atoms with Crippen LogP contribution in [0.5, 0.6) is 0 Å². The van der Waals surface area contributed by atoms with E-state index in [9.17, 15) is 14.4 Å². The van der Waals surface area contributed by atoms with Crippen LogP contribution < -0.4 is 0 Å². The third-order valence-electron chi connectivity index (χ3n) is 12.0. The second-order valence-corrected chi connectivity index (χ2v) is 19.1. The molecule has 0 bridgehead atoms. The molecule has 0 aromatic heterocycles. The average molecular weight is 835 g/mol. The largest absolute Gasteiger partial charge is 0.462 e. The first-order valence-electron chi connectivity index (χ1n) is 26.2. The molecule has 350 valence electrons. The van der Waals surface area contributed by atoms with Crippen LogP contribution in [0.25, 0.3) is 0 Å². The summed E-state index contributed by atoms with van der Waals surface area (Å²) in [6, 6.07) is 0. The zero-order valence-electron chi connectivity index (χ0n) is 40.4. The van der Waals surface area contributed by atoms with Gasteiger partial charge in [-0.15, -0.1) is 0 Å². The summed E-state index contributed by atoms with van der Waals surface area (Å²) in [5.41, 5.74) is 0. The first-order chi connectivity index (χ1) is 28.7. The van der Waals surface area contributed by atoms with Crippen LogP contribution in [0.1, 0.15) is 291 Å². The van der Waals surface area contributed by atoms with E-state index < -0.39 is 6.10 Å². The Morgan fingerprint density at radius 3 is 0.831 bits per heavy atom. The Morgan fingerprint density at radius 1 is 0.322 bits per heavy atom. The molecule has 0 aromatic carbocycles. The van der Waals surface area contributed by atoms with Crippen LogP contribution in [0.2, 0.25) is 0 Å². The van der Waals surface area contributed by atoms with Gasteiger partial charge in [0.05, 0.1) is 0 Å². The number of rotatable bonds is 47. The first-order valence-corrected chi connectivity index (χ1v) is 26.2. The molecule has 0 aromatic rings. The van der Waals surface area contributed by atoms with Crippen LogP contribution in [0.4, 0.5) is 0 Å². The lowest BCUT2D eigenvalue weighted by atomic mass is 10.0. The van der Waals surface area contributed by atoms with E-state index >= 15 is 0 Å². The zero-order chi connectivity index (χ0) is 43.3. The second-order valence-electron chi connectivity index (χ2n) is 19.1. The van der Waals surface area contributed by atoms with Crippen molar-refractivity contribution in [1.82, 2.24) is 0 Å². The van der Waals surface area contributed by atoms with Crippen LogP contribution in [0.15, 0.2) is 0 Å². The summed E-state index contributed by atoms with van der Waals surface area (Å²) in [4.78, 5) is 37.9. The van der Waals surface area contributed by atoms with Gasteiger partial charge in [-0.1, -0.05) is 253 Å².